The fourth-order valence-electron chi connectivity index (χ4n) is 8.58. The van der Waals surface area contributed by atoms with Crippen LogP contribution in [0.4, 0.5) is 0 Å². The summed E-state index contributed by atoms with van der Waals surface area (Å²) in [5.74, 6) is 1.70. The molecule has 0 amide bonds. The number of thiophene rings is 1. The van der Waals surface area contributed by atoms with E-state index in [-0.39, 0.29) is 45.8 Å². The Kier molecular flexibility index (Phi) is 5.56. The van der Waals surface area contributed by atoms with Gasteiger partial charge in [-0.3, -0.25) is 0 Å². The molecule has 2 aliphatic rings. The second kappa shape index (κ2) is 11.3. The topological polar surface area (TPSA) is 14.2 Å². The van der Waals surface area contributed by atoms with E-state index in [0.717, 1.165) is 66.0 Å². The SMILES string of the molecule is [2H]c1c([2H])c([2H])c2c(sc3c4c(ccc32)B2c3cc5c6ccccc6n(-c6ccccc6)c5cc3Oc3cc(-c5ccccc5-c5ccccc5)cc(c32)[Se]4)c1[2H]. The summed E-state index contributed by atoms with van der Waals surface area (Å²) in [4.78, 5) is 0. The predicted molar refractivity (Wildman–Crippen MR) is 227 cm³/mol. The van der Waals surface area contributed by atoms with Crippen LogP contribution in [0.15, 0.2) is 170 Å². The molecule has 0 saturated heterocycles. The van der Waals surface area contributed by atoms with Crippen LogP contribution in [0.25, 0.3) is 69.9 Å². The molecule has 2 nitrogen and oxygen atoms in total. The predicted octanol–water partition coefficient (Wildman–Crippen LogP) is 9.08. The Morgan fingerprint density at radius 2 is 1.34 bits per heavy atom. The van der Waals surface area contributed by atoms with Gasteiger partial charge < -0.3 is 0 Å². The van der Waals surface area contributed by atoms with Crippen LogP contribution in [0, 0.1) is 0 Å². The van der Waals surface area contributed by atoms with Gasteiger partial charge in [0.25, 0.3) is 0 Å². The molecule has 5 heteroatoms. The van der Waals surface area contributed by atoms with Gasteiger partial charge in [-0.25, -0.2) is 0 Å². The normalized spacial score (nSPS) is 14.0. The summed E-state index contributed by atoms with van der Waals surface area (Å²) in [6.07, 6.45) is 0. The molecule has 0 atom stereocenters. The zero-order valence-electron chi connectivity index (χ0n) is 32.1. The molecule has 10 aromatic rings. The van der Waals surface area contributed by atoms with Gasteiger partial charge in [-0.05, 0) is 0 Å². The molecule has 4 heterocycles. The number of nitrogens with zero attached hydrogens (tertiary/aromatic N) is 1. The van der Waals surface area contributed by atoms with Crippen molar-refractivity contribution < 1.29 is 10.2 Å². The summed E-state index contributed by atoms with van der Waals surface area (Å²) < 4.78 is 48.3. The third kappa shape index (κ3) is 4.33. The Morgan fingerprint density at radius 3 is 2.21 bits per heavy atom. The van der Waals surface area contributed by atoms with Crippen LogP contribution >= 0.6 is 11.3 Å². The van der Waals surface area contributed by atoms with Crippen molar-refractivity contribution in [3.8, 4) is 39.4 Å². The van der Waals surface area contributed by atoms with Crippen LogP contribution in [0.5, 0.6) is 11.5 Å². The van der Waals surface area contributed by atoms with Crippen molar-refractivity contribution in [1.82, 2.24) is 4.57 Å². The van der Waals surface area contributed by atoms with Gasteiger partial charge in [0.2, 0.25) is 0 Å². The number of rotatable bonds is 3. The summed E-state index contributed by atoms with van der Waals surface area (Å²) in [7, 11) is 0. The molecule has 0 unspecified atom stereocenters. The van der Waals surface area contributed by atoms with Gasteiger partial charge in [-0.1, -0.05) is 0 Å². The van der Waals surface area contributed by atoms with Crippen molar-refractivity contribution in [1.29, 1.82) is 0 Å². The number of hydrogen-bond acceptors (Lipinski definition) is 2. The Morgan fingerprint density at radius 1 is 0.585 bits per heavy atom. The molecule has 0 aliphatic carbocycles. The van der Waals surface area contributed by atoms with Crippen molar-refractivity contribution in [2.75, 3.05) is 0 Å². The molecule has 0 N–H and O–H groups in total. The van der Waals surface area contributed by atoms with Gasteiger partial charge >= 0.3 is 324 Å². The second-order valence-electron chi connectivity index (χ2n) is 13.7. The van der Waals surface area contributed by atoms with E-state index in [1.165, 1.54) is 42.0 Å². The average molecular weight is 761 g/mol. The van der Waals surface area contributed by atoms with Crippen LogP contribution in [-0.2, 0) is 0 Å². The van der Waals surface area contributed by atoms with E-state index in [4.69, 9.17) is 10.2 Å². The van der Waals surface area contributed by atoms with Crippen LogP contribution in [-0.4, -0.2) is 26.2 Å². The summed E-state index contributed by atoms with van der Waals surface area (Å²) in [6, 6.07) is 51.4. The maximum atomic E-state index is 8.92. The number of aromatic nitrogens is 1. The molecule has 0 saturated carbocycles. The molecule has 0 bridgehead atoms. The fraction of sp³-hybridized carbons (Fsp3) is 0. The summed E-state index contributed by atoms with van der Waals surface area (Å²) >= 11 is 1.35. The maximum absolute atomic E-state index is 8.92. The second-order valence-corrected chi connectivity index (χ2v) is 16.9. The summed E-state index contributed by atoms with van der Waals surface area (Å²) in [6.45, 7) is -0.106. The zero-order valence-corrected chi connectivity index (χ0v) is 30.6. The van der Waals surface area contributed by atoms with Crippen molar-refractivity contribution in [2.24, 2.45) is 0 Å². The number of ether oxygens (including phenoxy) is 1. The third-order valence-corrected chi connectivity index (χ3v) is 14.8. The van der Waals surface area contributed by atoms with Gasteiger partial charge in [0.15, 0.2) is 0 Å². The molecule has 246 valence electrons. The van der Waals surface area contributed by atoms with Crippen LogP contribution in [0.1, 0.15) is 5.48 Å². The molecule has 2 aromatic heterocycles. The molecular weight excluding hydrogens is 728 g/mol. The van der Waals surface area contributed by atoms with Gasteiger partial charge in [0, 0.05) is 0 Å². The van der Waals surface area contributed by atoms with Crippen LogP contribution < -0.4 is 30.0 Å². The van der Waals surface area contributed by atoms with E-state index < -0.39 is 0 Å². The van der Waals surface area contributed by atoms with Crippen molar-refractivity contribution >= 4 is 100 Å². The van der Waals surface area contributed by atoms with E-state index in [1.807, 2.05) is 12.1 Å². The first-order valence-electron chi connectivity index (χ1n) is 19.7. The summed E-state index contributed by atoms with van der Waals surface area (Å²) in [5, 5.41) is 3.85. The third-order valence-electron chi connectivity index (χ3n) is 10.9. The molecule has 0 radical (unpaired) electrons. The van der Waals surface area contributed by atoms with E-state index in [2.05, 4.69) is 138 Å². The fourth-order valence-corrected chi connectivity index (χ4v) is 12.7. The average Bonchev–Trinajstić information content (AvgIpc) is 3.81. The number of hydrogen-bond donors (Lipinski definition) is 0. The molecule has 53 heavy (non-hydrogen) atoms. The molecule has 8 aromatic carbocycles. The van der Waals surface area contributed by atoms with Crippen LogP contribution in [0.3, 0.4) is 0 Å². The van der Waals surface area contributed by atoms with Gasteiger partial charge in [-0.15, -0.1) is 0 Å². The standard InChI is InChI=1S/C48H28BNOSSe/c1-3-13-29(14-4-1)32-17-7-8-18-33(32)30-25-43-46-45(26-30)53-48-38(24-23-36-35-20-10-12-22-44(35)52-47(36)48)49(46)39-27-37-34-19-9-11-21-40(34)50(31-15-5-2-6-16-31)41(37)28-42(39)51-43/h1-28H/i10D,12D,20D,22D. The number of fused-ring (bicyclic) bond motifs is 11. The number of benzene rings is 8. The molecule has 12 rings (SSSR count). The Bertz CT molecular complexity index is 3360. The number of para-hydroxylation sites is 2. The minimum atomic E-state index is -0.191. The molecule has 0 fully saturated rings. The monoisotopic (exact) mass is 761 g/mol. The first kappa shape index (κ1) is 26.0. The molecular formula is C48H28BNOSSe. The van der Waals surface area contributed by atoms with Crippen molar-refractivity contribution in [3.63, 3.8) is 0 Å². The zero-order chi connectivity index (χ0) is 38.1. The van der Waals surface area contributed by atoms with Gasteiger partial charge in [-0.2, -0.15) is 0 Å². The first-order chi connectivity index (χ1) is 27.9. The van der Waals surface area contributed by atoms with Gasteiger partial charge in [0.05, 0.1) is 0 Å². The summed E-state index contributed by atoms with van der Waals surface area (Å²) in [5.41, 5.74) is 11.4. The van der Waals surface area contributed by atoms with E-state index in [1.54, 1.807) is 0 Å². The first-order valence-corrected chi connectivity index (χ1v) is 20.2. The Hall–Kier alpha value is -5.84. The van der Waals surface area contributed by atoms with Crippen molar-refractivity contribution in [2.45, 2.75) is 0 Å². The molecule has 0 spiro atoms. The van der Waals surface area contributed by atoms with E-state index >= 15 is 0 Å². The minimum absolute atomic E-state index is 0.0246. The van der Waals surface area contributed by atoms with Crippen LogP contribution in [0.2, 0.25) is 0 Å². The van der Waals surface area contributed by atoms with Crippen molar-refractivity contribution in [3.05, 3.63) is 170 Å². The van der Waals surface area contributed by atoms with E-state index in [0.29, 0.717) is 10.1 Å². The van der Waals surface area contributed by atoms with E-state index in [9.17, 15) is 0 Å². The quantitative estimate of drug-likeness (QED) is 0.164. The molecule has 2 aliphatic heterocycles. The van der Waals surface area contributed by atoms with Gasteiger partial charge in [0.1, 0.15) is 0 Å². The Labute approximate surface area is 322 Å². The Balaban J connectivity index is 1.16.